The van der Waals surface area contributed by atoms with Gasteiger partial charge in [-0.2, -0.15) is 4.98 Å². The lowest BCUT2D eigenvalue weighted by molar-refractivity contribution is 1.13. The maximum absolute atomic E-state index is 11.0. The van der Waals surface area contributed by atoms with Crippen molar-refractivity contribution in [1.29, 1.82) is 0 Å². The molecule has 0 atom stereocenters. The summed E-state index contributed by atoms with van der Waals surface area (Å²) in [7, 11) is 0. The molecule has 5 heteroatoms. The molecule has 0 radical (unpaired) electrons. The van der Waals surface area contributed by atoms with Crippen LogP contribution in [0, 0.1) is 0 Å². The number of para-hydroxylation sites is 1. The van der Waals surface area contributed by atoms with Gasteiger partial charge >= 0.3 is 5.69 Å². The van der Waals surface area contributed by atoms with E-state index in [1.165, 1.54) is 0 Å². The van der Waals surface area contributed by atoms with E-state index in [0.717, 1.165) is 9.86 Å². The molecule has 1 aromatic carbocycles. The van der Waals surface area contributed by atoms with Gasteiger partial charge in [-0.3, -0.25) is 0 Å². The van der Waals surface area contributed by atoms with Gasteiger partial charge in [0.25, 0.3) is 0 Å². The number of benzene rings is 1. The monoisotopic (exact) mass is 239 g/mol. The van der Waals surface area contributed by atoms with Crippen molar-refractivity contribution in [2.45, 2.75) is 0 Å². The van der Waals surface area contributed by atoms with Crippen LogP contribution in [0.5, 0.6) is 0 Å². The Balaban J connectivity index is 3.03. The summed E-state index contributed by atoms with van der Waals surface area (Å²) >= 11 is 3.31. The number of nitrogens with zero attached hydrogens (tertiary/aromatic N) is 1. The summed E-state index contributed by atoms with van der Waals surface area (Å²) in [5.41, 5.74) is 5.82. The number of nitrogens with two attached hydrogens (primary N) is 1. The SMILES string of the molecule is Nc1nc(=O)[nH]c2c(Br)cccc12. The van der Waals surface area contributed by atoms with Crippen LogP contribution < -0.4 is 11.4 Å². The highest BCUT2D eigenvalue weighted by Crippen LogP contribution is 2.22. The second-order valence-electron chi connectivity index (χ2n) is 2.59. The van der Waals surface area contributed by atoms with Crippen LogP contribution in [0.4, 0.5) is 5.82 Å². The Morgan fingerprint density at radius 2 is 2.23 bits per heavy atom. The molecular weight excluding hydrogens is 234 g/mol. The van der Waals surface area contributed by atoms with Crippen LogP contribution >= 0.6 is 15.9 Å². The van der Waals surface area contributed by atoms with Gasteiger partial charge in [0.1, 0.15) is 5.82 Å². The fraction of sp³-hybridized carbons (Fsp3) is 0. The summed E-state index contributed by atoms with van der Waals surface area (Å²) in [5.74, 6) is 0.250. The predicted octanol–water partition coefficient (Wildman–Crippen LogP) is 1.27. The fourth-order valence-electron chi connectivity index (χ4n) is 1.17. The standard InChI is InChI=1S/C8H6BrN3O/c9-5-3-1-2-4-6(5)11-8(13)12-7(4)10/h1-3H,(H3,10,11,12,13). The summed E-state index contributed by atoms with van der Waals surface area (Å²) in [4.78, 5) is 17.2. The number of halogens is 1. The van der Waals surface area contributed by atoms with Crippen LogP contribution in [0.1, 0.15) is 0 Å². The van der Waals surface area contributed by atoms with Gasteiger partial charge in [-0.1, -0.05) is 6.07 Å². The highest BCUT2D eigenvalue weighted by Gasteiger charge is 2.03. The average molecular weight is 240 g/mol. The molecule has 0 saturated carbocycles. The van der Waals surface area contributed by atoms with Gasteiger partial charge < -0.3 is 10.7 Å². The second kappa shape index (κ2) is 2.85. The largest absolute Gasteiger partial charge is 0.383 e. The third-order valence-corrected chi connectivity index (χ3v) is 2.40. The van der Waals surface area contributed by atoms with Crippen molar-refractivity contribution in [3.05, 3.63) is 33.2 Å². The Bertz CT molecular complexity index is 520. The van der Waals surface area contributed by atoms with Crippen molar-refractivity contribution < 1.29 is 0 Å². The zero-order chi connectivity index (χ0) is 9.42. The molecular formula is C8H6BrN3O. The zero-order valence-electron chi connectivity index (χ0n) is 6.54. The summed E-state index contributed by atoms with van der Waals surface area (Å²) in [5, 5.41) is 0.744. The Morgan fingerprint density at radius 3 is 3.00 bits per heavy atom. The number of aromatic amines is 1. The van der Waals surface area contributed by atoms with E-state index in [1.807, 2.05) is 12.1 Å². The van der Waals surface area contributed by atoms with Crippen molar-refractivity contribution >= 4 is 32.7 Å². The van der Waals surface area contributed by atoms with Crippen molar-refractivity contribution in [2.75, 3.05) is 5.73 Å². The third kappa shape index (κ3) is 1.31. The van der Waals surface area contributed by atoms with E-state index in [-0.39, 0.29) is 5.82 Å². The maximum Gasteiger partial charge on any atom is 0.347 e. The fourth-order valence-corrected chi connectivity index (χ4v) is 1.63. The molecule has 1 aromatic heterocycles. The number of nitrogen functional groups attached to an aromatic ring is 1. The molecule has 0 unspecified atom stereocenters. The van der Waals surface area contributed by atoms with E-state index in [9.17, 15) is 4.79 Å². The zero-order valence-corrected chi connectivity index (χ0v) is 8.13. The Kier molecular flexibility index (Phi) is 1.81. The number of nitrogens with one attached hydrogen (secondary N) is 1. The molecule has 0 amide bonds. The smallest absolute Gasteiger partial charge is 0.347 e. The van der Waals surface area contributed by atoms with Crippen molar-refractivity contribution in [2.24, 2.45) is 0 Å². The highest BCUT2D eigenvalue weighted by molar-refractivity contribution is 9.10. The van der Waals surface area contributed by atoms with E-state index in [2.05, 4.69) is 25.9 Å². The lowest BCUT2D eigenvalue weighted by atomic mass is 10.2. The quantitative estimate of drug-likeness (QED) is 0.728. The number of aromatic nitrogens is 2. The van der Waals surface area contributed by atoms with Crippen molar-refractivity contribution in [3.63, 3.8) is 0 Å². The molecule has 4 nitrogen and oxygen atoms in total. The highest BCUT2D eigenvalue weighted by atomic mass is 79.9. The molecule has 0 fully saturated rings. The molecule has 0 aliphatic carbocycles. The van der Waals surface area contributed by atoms with Gasteiger partial charge in [0.05, 0.1) is 5.52 Å². The van der Waals surface area contributed by atoms with Gasteiger partial charge in [-0.15, -0.1) is 0 Å². The summed E-state index contributed by atoms with van der Waals surface area (Å²) in [6.45, 7) is 0. The van der Waals surface area contributed by atoms with Gasteiger partial charge in [0, 0.05) is 9.86 Å². The molecule has 66 valence electrons. The minimum Gasteiger partial charge on any atom is -0.383 e. The van der Waals surface area contributed by atoms with Crippen LogP contribution in [0.25, 0.3) is 10.9 Å². The first kappa shape index (κ1) is 8.25. The van der Waals surface area contributed by atoms with Gasteiger partial charge in [-0.05, 0) is 28.1 Å². The minimum absolute atomic E-state index is 0.250. The molecule has 2 aromatic rings. The second-order valence-corrected chi connectivity index (χ2v) is 3.44. The number of anilines is 1. The van der Waals surface area contributed by atoms with E-state index in [1.54, 1.807) is 6.07 Å². The molecule has 0 saturated heterocycles. The van der Waals surface area contributed by atoms with Crippen molar-refractivity contribution in [3.8, 4) is 0 Å². The summed E-state index contributed by atoms with van der Waals surface area (Å²) in [6.07, 6.45) is 0. The molecule has 13 heavy (non-hydrogen) atoms. The lowest BCUT2D eigenvalue weighted by Crippen LogP contribution is -2.12. The topological polar surface area (TPSA) is 71.8 Å². The number of fused-ring (bicyclic) bond motifs is 1. The first-order chi connectivity index (χ1) is 6.18. The van der Waals surface area contributed by atoms with Crippen LogP contribution in [-0.4, -0.2) is 9.97 Å². The Morgan fingerprint density at radius 1 is 1.46 bits per heavy atom. The Hall–Kier alpha value is -1.36. The number of rotatable bonds is 0. The first-order valence-corrected chi connectivity index (χ1v) is 4.42. The van der Waals surface area contributed by atoms with Crippen LogP contribution in [0.2, 0.25) is 0 Å². The van der Waals surface area contributed by atoms with Crippen molar-refractivity contribution in [1.82, 2.24) is 9.97 Å². The number of hydrogen-bond donors (Lipinski definition) is 2. The lowest BCUT2D eigenvalue weighted by Gasteiger charge is -2.01. The van der Waals surface area contributed by atoms with Gasteiger partial charge in [-0.25, -0.2) is 4.79 Å². The number of hydrogen-bond acceptors (Lipinski definition) is 3. The van der Waals surface area contributed by atoms with E-state index in [4.69, 9.17) is 5.73 Å². The van der Waals surface area contributed by atoms with Crippen LogP contribution in [-0.2, 0) is 0 Å². The van der Waals surface area contributed by atoms with E-state index < -0.39 is 5.69 Å². The molecule has 0 bridgehead atoms. The normalized spacial score (nSPS) is 10.5. The first-order valence-electron chi connectivity index (χ1n) is 3.62. The molecule has 0 aliphatic heterocycles. The molecule has 1 heterocycles. The van der Waals surface area contributed by atoms with E-state index in [0.29, 0.717) is 5.52 Å². The maximum atomic E-state index is 11.0. The Labute approximate surface area is 81.9 Å². The van der Waals surface area contributed by atoms with Gasteiger partial charge in [0.15, 0.2) is 0 Å². The van der Waals surface area contributed by atoms with Crippen LogP contribution in [0.3, 0.4) is 0 Å². The molecule has 0 aliphatic rings. The minimum atomic E-state index is -0.433. The average Bonchev–Trinajstić information content (AvgIpc) is 2.07. The molecule has 2 rings (SSSR count). The predicted molar refractivity (Wildman–Crippen MR) is 54.5 cm³/mol. The van der Waals surface area contributed by atoms with Gasteiger partial charge in [0.2, 0.25) is 0 Å². The number of H-pyrrole nitrogens is 1. The van der Waals surface area contributed by atoms with Crippen LogP contribution in [0.15, 0.2) is 27.5 Å². The summed E-state index contributed by atoms with van der Waals surface area (Å²) < 4.78 is 0.802. The third-order valence-electron chi connectivity index (χ3n) is 1.74. The van der Waals surface area contributed by atoms with E-state index >= 15 is 0 Å². The summed E-state index contributed by atoms with van der Waals surface area (Å²) in [6, 6.07) is 5.47. The molecule has 0 spiro atoms. The molecule has 3 N–H and O–H groups in total.